The minimum absolute atomic E-state index is 0.344. The smallest absolute Gasteiger partial charge is 0.137 e. The molecule has 0 aliphatic rings. The van der Waals surface area contributed by atoms with Crippen molar-refractivity contribution in [1.82, 2.24) is 0 Å². The van der Waals surface area contributed by atoms with Gasteiger partial charge in [-0.25, -0.2) is 0 Å². The number of fused-ring (bicyclic) bond motifs is 3. The van der Waals surface area contributed by atoms with Crippen molar-refractivity contribution in [3.05, 3.63) is 72.8 Å². The van der Waals surface area contributed by atoms with Crippen molar-refractivity contribution in [1.29, 1.82) is 0 Å². The first kappa shape index (κ1) is 13.9. The lowest BCUT2D eigenvalue weighted by atomic mass is 10.1. The molecule has 0 spiro atoms. The lowest BCUT2D eigenvalue weighted by molar-refractivity contribution is 0.669. The number of hydrogen-bond acceptors (Lipinski definition) is 2. The molecule has 0 unspecified atom stereocenters. The predicted octanol–water partition coefficient (Wildman–Crippen LogP) is 6.13. The molecule has 1 aromatic heterocycles. The molecule has 4 aromatic rings. The Morgan fingerprint density at radius 2 is 1.43 bits per heavy atom. The van der Waals surface area contributed by atoms with Gasteiger partial charge in [0.05, 0.1) is 11.1 Å². The molecule has 0 radical (unpaired) electrons. The fourth-order valence-corrected chi connectivity index (χ4v) is 3.26. The number of benzene rings is 3. The number of furan rings is 1. The highest BCUT2D eigenvalue weighted by molar-refractivity contribution is 6.12. The average molecular weight is 301 g/mol. The van der Waals surface area contributed by atoms with Crippen molar-refractivity contribution in [2.24, 2.45) is 0 Å². The van der Waals surface area contributed by atoms with Gasteiger partial charge in [-0.15, -0.1) is 0 Å². The van der Waals surface area contributed by atoms with Crippen LogP contribution in [0, 0.1) is 0 Å². The van der Waals surface area contributed by atoms with Gasteiger partial charge >= 0.3 is 0 Å². The van der Waals surface area contributed by atoms with Crippen molar-refractivity contribution in [3.63, 3.8) is 0 Å². The number of anilines is 2. The summed E-state index contributed by atoms with van der Waals surface area (Å²) < 4.78 is 6.03. The maximum Gasteiger partial charge on any atom is 0.137 e. The molecule has 4 rings (SSSR count). The molecular weight excluding hydrogens is 282 g/mol. The van der Waals surface area contributed by atoms with Crippen LogP contribution in [0.4, 0.5) is 11.4 Å². The van der Waals surface area contributed by atoms with Crippen LogP contribution in [0.1, 0.15) is 13.8 Å². The van der Waals surface area contributed by atoms with E-state index in [4.69, 9.17) is 4.42 Å². The summed E-state index contributed by atoms with van der Waals surface area (Å²) in [5.41, 5.74) is 4.26. The first-order valence-corrected chi connectivity index (χ1v) is 8.00. The second-order valence-corrected chi connectivity index (χ2v) is 6.05. The third kappa shape index (κ3) is 2.27. The van der Waals surface area contributed by atoms with Gasteiger partial charge in [0, 0.05) is 17.1 Å². The van der Waals surface area contributed by atoms with E-state index in [9.17, 15) is 0 Å². The van der Waals surface area contributed by atoms with Crippen LogP contribution < -0.4 is 4.90 Å². The molecule has 0 amide bonds. The van der Waals surface area contributed by atoms with E-state index in [-0.39, 0.29) is 0 Å². The van der Waals surface area contributed by atoms with Crippen molar-refractivity contribution >= 4 is 33.3 Å². The summed E-state index contributed by atoms with van der Waals surface area (Å²) in [6.45, 7) is 4.43. The van der Waals surface area contributed by atoms with Gasteiger partial charge in [0.1, 0.15) is 11.2 Å². The summed E-state index contributed by atoms with van der Waals surface area (Å²) in [5, 5.41) is 2.35. The fraction of sp³-hybridized carbons (Fsp3) is 0.143. The first-order valence-electron chi connectivity index (χ1n) is 8.00. The molecule has 114 valence electrons. The lowest BCUT2D eigenvalue weighted by Gasteiger charge is -2.29. The minimum atomic E-state index is 0.344. The quantitative estimate of drug-likeness (QED) is 0.452. The summed E-state index contributed by atoms with van der Waals surface area (Å²) in [7, 11) is 0. The number of hydrogen-bond donors (Lipinski definition) is 0. The molecular formula is C21H19NO. The first-order chi connectivity index (χ1) is 11.3. The molecule has 0 aliphatic heterocycles. The van der Waals surface area contributed by atoms with Gasteiger partial charge in [0.2, 0.25) is 0 Å². The maximum atomic E-state index is 6.03. The van der Waals surface area contributed by atoms with Gasteiger partial charge in [0.15, 0.2) is 0 Å². The summed E-state index contributed by atoms with van der Waals surface area (Å²) >= 11 is 0. The summed E-state index contributed by atoms with van der Waals surface area (Å²) in [6, 6.07) is 25.4. The SMILES string of the molecule is CC(C)N(c1ccccc1)c1cccc2oc3ccccc3c12. The summed E-state index contributed by atoms with van der Waals surface area (Å²) in [6.07, 6.45) is 0. The number of para-hydroxylation sites is 2. The van der Waals surface area contributed by atoms with Crippen molar-refractivity contribution < 1.29 is 4.42 Å². The largest absolute Gasteiger partial charge is 0.456 e. The molecule has 3 aromatic carbocycles. The van der Waals surface area contributed by atoms with Crippen molar-refractivity contribution in [2.45, 2.75) is 19.9 Å². The molecule has 23 heavy (non-hydrogen) atoms. The van der Waals surface area contributed by atoms with Crippen molar-refractivity contribution in [3.8, 4) is 0 Å². The second kappa shape index (κ2) is 5.47. The minimum Gasteiger partial charge on any atom is -0.456 e. The third-order valence-electron chi connectivity index (χ3n) is 4.19. The number of nitrogens with zero attached hydrogens (tertiary/aromatic N) is 1. The van der Waals surface area contributed by atoms with E-state index >= 15 is 0 Å². The summed E-state index contributed by atoms with van der Waals surface area (Å²) in [5.74, 6) is 0. The molecule has 0 saturated carbocycles. The standard InChI is InChI=1S/C21H19NO/c1-15(2)22(16-9-4-3-5-10-16)18-12-8-14-20-21(18)17-11-6-7-13-19(17)23-20/h3-15H,1-2H3. The number of rotatable bonds is 3. The molecule has 0 saturated heterocycles. The average Bonchev–Trinajstić information content (AvgIpc) is 2.95. The van der Waals surface area contributed by atoms with Crippen LogP contribution in [0.15, 0.2) is 77.2 Å². The van der Waals surface area contributed by atoms with Gasteiger partial charge in [-0.05, 0) is 44.2 Å². The Labute approximate surface area is 136 Å². The Kier molecular flexibility index (Phi) is 3.30. The van der Waals surface area contributed by atoms with Gasteiger partial charge in [-0.2, -0.15) is 0 Å². The van der Waals surface area contributed by atoms with E-state index in [1.54, 1.807) is 0 Å². The Bertz CT molecular complexity index is 953. The second-order valence-electron chi connectivity index (χ2n) is 6.05. The molecule has 0 atom stereocenters. The van der Waals surface area contributed by atoms with Gasteiger partial charge in [-0.1, -0.05) is 42.5 Å². The zero-order valence-corrected chi connectivity index (χ0v) is 13.4. The Morgan fingerprint density at radius 3 is 2.22 bits per heavy atom. The van der Waals surface area contributed by atoms with Crippen LogP contribution in [0.2, 0.25) is 0 Å². The molecule has 1 heterocycles. The third-order valence-corrected chi connectivity index (χ3v) is 4.19. The van der Waals surface area contributed by atoms with Crippen LogP contribution in [0.25, 0.3) is 21.9 Å². The summed E-state index contributed by atoms with van der Waals surface area (Å²) in [4.78, 5) is 2.37. The van der Waals surface area contributed by atoms with E-state index in [1.165, 1.54) is 22.1 Å². The van der Waals surface area contributed by atoms with Crippen LogP contribution in [-0.4, -0.2) is 6.04 Å². The van der Waals surface area contributed by atoms with Crippen LogP contribution in [0.3, 0.4) is 0 Å². The highest BCUT2D eigenvalue weighted by Crippen LogP contribution is 2.39. The highest BCUT2D eigenvalue weighted by atomic mass is 16.3. The monoisotopic (exact) mass is 301 g/mol. The van der Waals surface area contributed by atoms with Crippen LogP contribution >= 0.6 is 0 Å². The topological polar surface area (TPSA) is 16.4 Å². The molecule has 0 bridgehead atoms. The normalized spacial score (nSPS) is 11.4. The Morgan fingerprint density at radius 1 is 0.739 bits per heavy atom. The molecule has 2 heteroatoms. The zero-order valence-electron chi connectivity index (χ0n) is 13.4. The molecule has 2 nitrogen and oxygen atoms in total. The highest BCUT2D eigenvalue weighted by Gasteiger charge is 2.18. The van der Waals surface area contributed by atoms with Crippen LogP contribution in [0.5, 0.6) is 0 Å². The van der Waals surface area contributed by atoms with Crippen molar-refractivity contribution in [2.75, 3.05) is 4.90 Å². The Balaban J connectivity index is 2.03. The fourth-order valence-electron chi connectivity index (χ4n) is 3.26. The van der Waals surface area contributed by atoms with E-state index in [0.29, 0.717) is 6.04 Å². The van der Waals surface area contributed by atoms with E-state index in [0.717, 1.165) is 11.2 Å². The molecule has 0 aliphatic carbocycles. The zero-order chi connectivity index (χ0) is 15.8. The lowest BCUT2D eigenvalue weighted by Crippen LogP contribution is -2.25. The molecule has 0 fully saturated rings. The van der Waals surface area contributed by atoms with E-state index in [2.05, 4.69) is 73.3 Å². The molecule has 0 N–H and O–H groups in total. The van der Waals surface area contributed by atoms with Crippen LogP contribution in [-0.2, 0) is 0 Å². The Hall–Kier alpha value is -2.74. The van der Waals surface area contributed by atoms with E-state index < -0.39 is 0 Å². The predicted molar refractivity (Wildman–Crippen MR) is 97.4 cm³/mol. The van der Waals surface area contributed by atoms with E-state index in [1.807, 2.05) is 18.2 Å². The van der Waals surface area contributed by atoms with Gasteiger partial charge in [0.25, 0.3) is 0 Å². The van der Waals surface area contributed by atoms with Gasteiger partial charge < -0.3 is 9.32 Å². The van der Waals surface area contributed by atoms with Gasteiger partial charge in [-0.3, -0.25) is 0 Å². The maximum absolute atomic E-state index is 6.03.